The maximum absolute atomic E-state index is 12.7. The van der Waals surface area contributed by atoms with Crippen molar-refractivity contribution >= 4 is 30.1 Å². The summed E-state index contributed by atoms with van der Waals surface area (Å²) in [5.74, 6) is -1.31. The molecule has 1 aliphatic rings. The van der Waals surface area contributed by atoms with E-state index in [0.29, 0.717) is 22.4 Å². The summed E-state index contributed by atoms with van der Waals surface area (Å²) >= 11 is 0. The van der Waals surface area contributed by atoms with E-state index in [0.717, 1.165) is 5.56 Å². The van der Waals surface area contributed by atoms with Crippen molar-refractivity contribution < 1.29 is 18.8 Å². The number of aryl methyl sites for hydroxylation is 1. The molecule has 0 atom stereocenters. The molecule has 3 rings (SSSR count). The molecule has 0 aliphatic heterocycles. The monoisotopic (exact) mass is 305 g/mol. The first-order chi connectivity index (χ1) is 11.0. The van der Waals surface area contributed by atoms with Gasteiger partial charge in [-0.1, -0.05) is 30.6 Å². The zero-order valence-electron chi connectivity index (χ0n) is 13.1. The van der Waals surface area contributed by atoms with Crippen LogP contribution in [0.1, 0.15) is 44.5 Å². The summed E-state index contributed by atoms with van der Waals surface area (Å²) < 4.78 is 5.47. The molecule has 1 aliphatic carbocycles. The van der Waals surface area contributed by atoms with Crippen LogP contribution in [0, 0.1) is 6.92 Å². The molecule has 0 saturated heterocycles. The van der Waals surface area contributed by atoms with Gasteiger partial charge in [-0.15, -0.1) is 0 Å². The average Bonchev–Trinajstić information content (AvgIpc) is 2.97. The van der Waals surface area contributed by atoms with Crippen molar-refractivity contribution in [1.29, 1.82) is 0 Å². The zero-order valence-corrected chi connectivity index (χ0v) is 13.1. The Labute approximate surface area is 134 Å². The van der Waals surface area contributed by atoms with Crippen LogP contribution in [0.25, 0.3) is 5.47 Å². The predicted molar refractivity (Wildman–Crippen MR) is 86.9 cm³/mol. The highest BCUT2D eigenvalue weighted by atomic mass is 16.3. The number of carbonyl (C=O) groups is 3. The molecule has 113 valence electrons. The third-order valence-corrected chi connectivity index (χ3v) is 4.03. The van der Waals surface area contributed by atoms with E-state index in [2.05, 4.69) is 0 Å². The second-order valence-corrected chi connectivity index (χ2v) is 5.54. The molecule has 0 fully saturated rings. The molecule has 0 saturated carbocycles. The molecule has 4 nitrogen and oxygen atoms in total. The van der Waals surface area contributed by atoms with Gasteiger partial charge in [0.25, 0.3) is 0 Å². The first-order valence-corrected chi connectivity index (χ1v) is 7.28. The molecule has 2 aromatic rings. The van der Waals surface area contributed by atoms with E-state index < -0.39 is 11.6 Å². The van der Waals surface area contributed by atoms with E-state index in [9.17, 15) is 14.4 Å². The molecular formula is C18H14BO4. The molecule has 0 unspecified atom stereocenters. The zero-order chi connectivity index (χ0) is 16.7. The summed E-state index contributed by atoms with van der Waals surface area (Å²) in [4.78, 5) is 37.2. The lowest BCUT2D eigenvalue weighted by atomic mass is 9.65. The minimum absolute atomic E-state index is 0.0696. The largest absolute Gasteiger partial charge is 0.464 e. The van der Waals surface area contributed by atoms with E-state index in [1.165, 1.54) is 6.26 Å². The number of allylic oxidation sites excluding steroid dienone is 1. The molecular weight excluding hydrogens is 291 g/mol. The van der Waals surface area contributed by atoms with Gasteiger partial charge in [0, 0.05) is 5.56 Å². The standard InChI is InChI=1S/C18H14BO4/c1-9-5-4-6-11(7-9)16(21)12-8-23-18-13(12)17(22)15(20)10(2)14(18)19-3/h4-8H,1-3H3. The molecule has 23 heavy (non-hydrogen) atoms. The van der Waals surface area contributed by atoms with Gasteiger partial charge in [-0.25, -0.2) is 0 Å². The molecule has 1 aromatic carbocycles. The van der Waals surface area contributed by atoms with E-state index in [-0.39, 0.29) is 16.9 Å². The fourth-order valence-electron chi connectivity index (χ4n) is 2.81. The number of Topliss-reactive ketones (excluding diaryl/α,β-unsaturated/α-hetero) is 2. The smallest absolute Gasteiger partial charge is 0.237 e. The summed E-state index contributed by atoms with van der Waals surface area (Å²) in [5, 5.41) is 0. The summed E-state index contributed by atoms with van der Waals surface area (Å²) in [6, 6.07) is 7.08. The van der Waals surface area contributed by atoms with Crippen LogP contribution in [0.15, 0.2) is 40.5 Å². The lowest BCUT2D eigenvalue weighted by Gasteiger charge is -2.14. The van der Waals surface area contributed by atoms with Gasteiger partial charge in [-0.05, 0) is 31.0 Å². The van der Waals surface area contributed by atoms with E-state index in [1.807, 2.05) is 13.0 Å². The number of benzene rings is 1. The van der Waals surface area contributed by atoms with Crippen LogP contribution in [0.4, 0.5) is 0 Å². The fraction of sp³-hybridized carbons (Fsp3) is 0.167. The van der Waals surface area contributed by atoms with E-state index in [4.69, 9.17) is 4.42 Å². The molecule has 1 heterocycles. The van der Waals surface area contributed by atoms with Gasteiger partial charge in [0.15, 0.2) is 13.1 Å². The highest BCUT2D eigenvalue weighted by molar-refractivity contribution is 6.66. The Hall–Kier alpha value is -2.69. The summed E-state index contributed by atoms with van der Waals surface area (Å²) in [7, 11) is 1.71. The van der Waals surface area contributed by atoms with Crippen molar-refractivity contribution in [3.8, 4) is 0 Å². The lowest BCUT2D eigenvalue weighted by molar-refractivity contribution is -0.111. The van der Waals surface area contributed by atoms with Crippen molar-refractivity contribution in [1.82, 2.24) is 0 Å². The number of carbonyl (C=O) groups excluding carboxylic acids is 3. The second kappa shape index (κ2) is 5.50. The van der Waals surface area contributed by atoms with Crippen LogP contribution in [-0.2, 0) is 4.79 Å². The molecule has 0 spiro atoms. The Bertz CT molecular complexity index is 886. The van der Waals surface area contributed by atoms with Crippen LogP contribution in [-0.4, -0.2) is 24.6 Å². The van der Waals surface area contributed by atoms with E-state index >= 15 is 0 Å². The SMILES string of the molecule is C[B]C1=C(C)C(=O)C(=O)c2c(C(=O)c3cccc(C)c3)coc21. The van der Waals surface area contributed by atoms with Crippen LogP contribution >= 0.6 is 0 Å². The van der Waals surface area contributed by atoms with Crippen molar-refractivity contribution in [2.75, 3.05) is 0 Å². The van der Waals surface area contributed by atoms with Crippen molar-refractivity contribution in [2.45, 2.75) is 20.7 Å². The van der Waals surface area contributed by atoms with Gasteiger partial charge in [0.1, 0.15) is 12.0 Å². The van der Waals surface area contributed by atoms with Gasteiger partial charge >= 0.3 is 0 Å². The van der Waals surface area contributed by atoms with Gasteiger partial charge in [-0.3, -0.25) is 14.4 Å². The molecule has 1 radical (unpaired) electrons. The number of rotatable bonds is 3. The molecule has 0 bridgehead atoms. The van der Waals surface area contributed by atoms with Gasteiger partial charge < -0.3 is 4.42 Å². The van der Waals surface area contributed by atoms with E-state index in [1.54, 1.807) is 39.2 Å². The van der Waals surface area contributed by atoms with Gasteiger partial charge in [-0.2, -0.15) is 0 Å². The number of ketones is 3. The summed E-state index contributed by atoms with van der Waals surface area (Å²) in [6.45, 7) is 5.23. The maximum atomic E-state index is 12.7. The van der Waals surface area contributed by atoms with Crippen LogP contribution in [0.2, 0.25) is 6.82 Å². The number of hydrogen-bond acceptors (Lipinski definition) is 4. The Morgan fingerprint density at radius 2 is 1.87 bits per heavy atom. The Balaban J connectivity index is 2.17. The number of hydrogen-bond donors (Lipinski definition) is 0. The average molecular weight is 305 g/mol. The Morgan fingerprint density at radius 1 is 1.13 bits per heavy atom. The first kappa shape index (κ1) is 15.2. The predicted octanol–water partition coefficient (Wildman–Crippen LogP) is 3.07. The normalized spacial score (nSPS) is 14.0. The van der Waals surface area contributed by atoms with Crippen molar-refractivity contribution in [3.63, 3.8) is 0 Å². The number of fused-ring (bicyclic) bond motifs is 1. The summed E-state index contributed by atoms with van der Waals surface area (Å²) in [5.41, 5.74) is 2.51. The van der Waals surface area contributed by atoms with Crippen LogP contribution in [0.5, 0.6) is 0 Å². The third-order valence-electron chi connectivity index (χ3n) is 4.03. The minimum atomic E-state index is -0.687. The number of furan rings is 1. The topological polar surface area (TPSA) is 64.3 Å². The Kier molecular flexibility index (Phi) is 3.64. The van der Waals surface area contributed by atoms with Crippen LogP contribution < -0.4 is 0 Å². The molecule has 1 aromatic heterocycles. The highest BCUT2D eigenvalue weighted by Gasteiger charge is 2.36. The van der Waals surface area contributed by atoms with Crippen molar-refractivity contribution in [3.05, 3.63) is 64.1 Å². The maximum Gasteiger partial charge on any atom is 0.237 e. The molecule has 0 amide bonds. The van der Waals surface area contributed by atoms with Gasteiger partial charge in [0.2, 0.25) is 11.6 Å². The molecule has 5 heteroatoms. The first-order valence-electron chi connectivity index (χ1n) is 7.28. The lowest BCUT2D eigenvalue weighted by Crippen LogP contribution is -2.25. The van der Waals surface area contributed by atoms with Crippen LogP contribution in [0.3, 0.4) is 0 Å². The van der Waals surface area contributed by atoms with Gasteiger partial charge in [0.05, 0.1) is 11.1 Å². The summed E-state index contributed by atoms with van der Waals surface area (Å²) in [6.07, 6.45) is 1.27. The minimum Gasteiger partial charge on any atom is -0.464 e. The highest BCUT2D eigenvalue weighted by Crippen LogP contribution is 2.33. The second-order valence-electron chi connectivity index (χ2n) is 5.54. The van der Waals surface area contributed by atoms with Crippen molar-refractivity contribution in [2.24, 2.45) is 0 Å². The quantitative estimate of drug-likeness (QED) is 0.496. The Morgan fingerprint density at radius 3 is 2.52 bits per heavy atom. The fourth-order valence-corrected chi connectivity index (χ4v) is 2.81. The third kappa shape index (κ3) is 2.29. The molecule has 0 N–H and O–H groups in total.